The maximum absolute atomic E-state index is 11.5. The van der Waals surface area contributed by atoms with Gasteiger partial charge in [-0.25, -0.2) is 0 Å². The lowest BCUT2D eigenvalue weighted by Gasteiger charge is -2.30. The van der Waals surface area contributed by atoms with Crippen LogP contribution in [0.15, 0.2) is 21.2 Å². The first-order valence-electron chi connectivity index (χ1n) is 6.04. The number of halogens is 1. The minimum atomic E-state index is -0.119. The number of nitrogens with one attached hydrogen (secondary N) is 1. The summed E-state index contributed by atoms with van der Waals surface area (Å²) in [6, 6.07) is 1.90. The van der Waals surface area contributed by atoms with Crippen molar-refractivity contribution in [3.8, 4) is 0 Å². The molecule has 0 aliphatic carbocycles. The van der Waals surface area contributed by atoms with Crippen molar-refractivity contribution in [1.82, 2.24) is 5.32 Å². The molecule has 94 valence electrons. The number of rotatable bonds is 4. The van der Waals surface area contributed by atoms with Crippen molar-refractivity contribution in [2.75, 3.05) is 0 Å². The van der Waals surface area contributed by atoms with E-state index in [4.69, 9.17) is 4.42 Å². The molecule has 0 saturated carbocycles. The molecular formula is C13H18BrNO2. The van der Waals surface area contributed by atoms with Gasteiger partial charge in [-0.2, -0.15) is 0 Å². The van der Waals surface area contributed by atoms with Crippen LogP contribution in [0.1, 0.15) is 38.9 Å². The Morgan fingerprint density at radius 1 is 1.59 bits per heavy atom. The standard InChI is InChI=1S/C13H18BrNO2/c1-9(2)7-13(5-3-12(16)15-13)8-11-10(14)4-6-17-11/h4,6,9H,3,5,7-8H2,1-2H3,(H,15,16). The molecule has 1 amide bonds. The first-order chi connectivity index (χ1) is 8.01. The summed E-state index contributed by atoms with van der Waals surface area (Å²) < 4.78 is 6.46. The molecule has 0 aromatic carbocycles. The van der Waals surface area contributed by atoms with Gasteiger partial charge in [0.25, 0.3) is 0 Å². The fourth-order valence-electron chi connectivity index (χ4n) is 2.67. The lowest BCUT2D eigenvalue weighted by molar-refractivity contribution is -0.119. The van der Waals surface area contributed by atoms with Crippen LogP contribution in [0.3, 0.4) is 0 Å². The zero-order valence-electron chi connectivity index (χ0n) is 10.3. The van der Waals surface area contributed by atoms with Gasteiger partial charge in [-0.3, -0.25) is 4.79 Å². The molecule has 1 aliphatic heterocycles. The highest BCUT2D eigenvalue weighted by atomic mass is 79.9. The van der Waals surface area contributed by atoms with E-state index in [1.165, 1.54) is 0 Å². The van der Waals surface area contributed by atoms with Crippen molar-refractivity contribution in [2.24, 2.45) is 5.92 Å². The molecule has 2 heterocycles. The Morgan fingerprint density at radius 2 is 2.35 bits per heavy atom. The highest BCUT2D eigenvalue weighted by Crippen LogP contribution is 2.33. The Kier molecular flexibility index (Phi) is 3.61. The van der Waals surface area contributed by atoms with Gasteiger partial charge in [-0.15, -0.1) is 0 Å². The minimum Gasteiger partial charge on any atom is -0.468 e. The van der Waals surface area contributed by atoms with E-state index in [9.17, 15) is 4.79 Å². The summed E-state index contributed by atoms with van der Waals surface area (Å²) in [5.74, 6) is 1.64. The Morgan fingerprint density at radius 3 is 2.82 bits per heavy atom. The predicted octanol–water partition coefficient (Wildman–Crippen LogP) is 3.28. The van der Waals surface area contributed by atoms with Gasteiger partial charge < -0.3 is 9.73 Å². The summed E-state index contributed by atoms with van der Waals surface area (Å²) in [7, 11) is 0. The van der Waals surface area contributed by atoms with Crippen LogP contribution in [0.5, 0.6) is 0 Å². The SMILES string of the molecule is CC(C)CC1(Cc2occc2Br)CCC(=O)N1. The summed E-state index contributed by atoms with van der Waals surface area (Å²) in [5, 5.41) is 3.14. The molecule has 4 heteroatoms. The molecule has 1 unspecified atom stereocenters. The van der Waals surface area contributed by atoms with Crippen molar-refractivity contribution in [1.29, 1.82) is 0 Å². The highest BCUT2D eigenvalue weighted by molar-refractivity contribution is 9.10. The van der Waals surface area contributed by atoms with Crippen LogP contribution in [0, 0.1) is 5.92 Å². The molecule has 1 aromatic rings. The summed E-state index contributed by atoms with van der Waals surface area (Å²) in [5.41, 5.74) is -0.119. The van der Waals surface area contributed by atoms with Crippen molar-refractivity contribution < 1.29 is 9.21 Å². The van der Waals surface area contributed by atoms with Crippen LogP contribution in [-0.2, 0) is 11.2 Å². The van der Waals surface area contributed by atoms with Crippen LogP contribution in [0.4, 0.5) is 0 Å². The molecular weight excluding hydrogens is 282 g/mol. The molecule has 1 aromatic heterocycles. The van der Waals surface area contributed by atoms with Gasteiger partial charge in [0.1, 0.15) is 5.76 Å². The van der Waals surface area contributed by atoms with Gasteiger partial charge in [-0.05, 0) is 40.8 Å². The van der Waals surface area contributed by atoms with Crippen molar-refractivity contribution >= 4 is 21.8 Å². The number of carbonyl (C=O) groups is 1. The smallest absolute Gasteiger partial charge is 0.220 e. The van der Waals surface area contributed by atoms with Gasteiger partial charge in [0.05, 0.1) is 10.7 Å². The van der Waals surface area contributed by atoms with Crippen LogP contribution in [-0.4, -0.2) is 11.4 Å². The highest BCUT2D eigenvalue weighted by Gasteiger charge is 2.39. The Bertz CT molecular complexity index is 413. The average molecular weight is 300 g/mol. The minimum absolute atomic E-state index is 0.119. The second-order valence-corrected chi connectivity index (χ2v) is 6.15. The quantitative estimate of drug-likeness (QED) is 0.927. The second kappa shape index (κ2) is 4.84. The van der Waals surface area contributed by atoms with E-state index >= 15 is 0 Å². The summed E-state index contributed by atoms with van der Waals surface area (Å²) >= 11 is 3.47. The fourth-order valence-corrected chi connectivity index (χ4v) is 3.01. The molecule has 17 heavy (non-hydrogen) atoms. The molecule has 0 bridgehead atoms. The summed E-state index contributed by atoms with van der Waals surface area (Å²) in [6.45, 7) is 4.37. The van der Waals surface area contributed by atoms with Crippen molar-refractivity contribution in [3.63, 3.8) is 0 Å². The number of amides is 1. The number of hydrogen-bond donors (Lipinski definition) is 1. The number of furan rings is 1. The molecule has 1 N–H and O–H groups in total. The fraction of sp³-hybridized carbons (Fsp3) is 0.615. The third-order valence-corrected chi connectivity index (χ3v) is 3.93. The zero-order chi connectivity index (χ0) is 12.5. The zero-order valence-corrected chi connectivity index (χ0v) is 11.8. The van der Waals surface area contributed by atoms with Crippen LogP contribution in [0.25, 0.3) is 0 Å². The normalized spacial score (nSPS) is 24.4. The van der Waals surface area contributed by atoms with E-state index in [0.29, 0.717) is 12.3 Å². The predicted molar refractivity (Wildman–Crippen MR) is 69.7 cm³/mol. The molecule has 0 spiro atoms. The van der Waals surface area contributed by atoms with Crippen LogP contribution < -0.4 is 5.32 Å². The molecule has 1 atom stereocenters. The maximum Gasteiger partial charge on any atom is 0.220 e. The Balaban J connectivity index is 2.17. The van der Waals surface area contributed by atoms with Gasteiger partial charge in [0.15, 0.2) is 0 Å². The monoisotopic (exact) mass is 299 g/mol. The van der Waals surface area contributed by atoms with Crippen LogP contribution in [0.2, 0.25) is 0 Å². The van der Waals surface area contributed by atoms with Gasteiger partial charge >= 0.3 is 0 Å². The van der Waals surface area contributed by atoms with Crippen molar-refractivity contribution in [3.05, 3.63) is 22.6 Å². The molecule has 1 saturated heterocycles. The third kappa shape index (κ3) is 2.92. The second-order valence-electron chi connectivity index (χ2n) is 5.29. The lowest BCUT2D eigenvalue weighted by atomic mass is 9.84. The first-order valence-corrected chi connectivity index (χ1v) is 6.83. The summed E-state index contributed by atoms with van der Waals surface area (Å²) in [4.78, 5) is 11.5. The van der Waals surface area contributed by atoms with E-state index in [1.807, 2.05) is 6.07 Å². The Labute approximate surface area is 110 Å². The van der Waals surface area contributed by atoms with Crippen molar-refractivity contribution in [2.45, 2.75) is 45.1 Å². The first kappa shape index (κ1) is 12.7. The van der Waals surface area contributed by atoms with E-state index in [1.54, 1.807) is 6.26 Å². The molecule has 1 aliphatic rings. The van der Waals surface area contributed by atoms with Gasteiger partial charge in [0, 0.05) is 18.4 Å². The largest absolute Gasteiger partial charge is 0.468 e. The van der Waals surface area contributed by atoms with E-state index < -0.39 is 0 Å². The number of hydrogen-bond acceptors (Lipinski definition) is 2. The molecule has 2 rings (SSSR count). The molecule has 0 radical (unpaired) electrons. The third-order valence-electron chi connectivity index (χ3n) is 3.22. The van der Waals surface area contributed by atoms with E-state index in [0.717, 1.165) is 29.5 Å². The lowest BCUT2D eigenvalue weighted by Crippen LogP contribution is -2.44. The van der Waals surface area contributed by atoms with E-state index in [2.05, 4.69) is 35.1 Å². The molecule has 3 nitrogen and oxygen atoms in total. The Hall–Kier alpha value is -0.770. The van der Waals surface area contributed by atoms with Gasteiger partial charge in [0.2, 0.25) is 5.91 Å². The molecule has 1 fully saturated rings. The van der Waals surface area contributed by atoms with Crippen LogP contribution >= 0.6 is 15.9 Å². The van der Waals surface area contributed by atoms with Gasteiger partial charge in [-0.1, -0.05) is 13.8 Å². The maximum atomic E-state index is 11.5. The van der Waals surface area contributed by atoms with E-state index in [-0.39, 0.29) is 11.4 Å². The number of carbonyl (C=O) groups excluding carboxylic acids is 1. The average Bonchev–Trinajstić information content (AvgIpc) is 2.75. The topological polar surface area (TPSA) is 42.2 Å². The summed E-state index contributed by atoms with van der Waals surface area (Å²) in [6.07, 6.45) is 4.97.